The number of pyridine rings is 1. The minimum Gasteiger partial charge on any atom is -0.383 e. The molecule has 1 aliphatic rings. The van der Waals surface area contributed by atoms with Crippen molar-refractivity contribution in [3.8, 4) is 0 Å². The van der Waals surface area contributed by atoms with Gasteiger partial charge in [-0.25, -0.2) is 8.42 Å². The maximum atomic E-state index is 13.4. The molecule has 0 aliphatic carbocycles. The van der Waals surface area contributed by atoms with E-state index >= 15 is 0 Å². The molecule has 28 heavy (non-hydrogen) atoms. The van der Waals surface area contributed by atoms with E-state index in [0.717, 1.165) is 31.1 Å². The lowest BCUT2D eigenvalue weighted by atomic mass is 10.2. The van der Waals surface area contributed by atoms with Crippen LogP contribution in [0, 0.1) is 0 Å². The summed E-state index contributed by atoms with van der Waals surface area (Å²) in [5.74, 6) is -0.150. The molecule has 7 nitrogen and oxygen atoms in total. The largest absolute Gasteiger partial charge is 0.383 e. The van der Waals surface area contributed by atoms with E-state index in [0.29, 0.717) is 18.5 Å². The minimum absolute atomic E-state index is 0.125. The highest BCUT2D eigenvalue weighted by atomic mass is 32.2. The highest BCUT2D eigenvalue weighted by Gasteiger charge is 2.29. The molecule has 2 aromatic rings. The maximum Gasteiger partial charge on any atom is 0.244 e. The fraction of sp³-hybridized carbons (Fsp3) is 0.500. The van der Waals surface area contributed by atoms with Crippen LogP contribution >= 0.6 is 0 Å². The van der Waals surface area contributed by atoms with Crippen molar-refractivity contribution in [3.63, 3.8) is 0 Å². The third-order valence-corrected chi connectivity index (χ3v) is 6.98. The normalized spacial score (nSPS) is 15.7. The predicted octanol–water partition coefficient (Wildman–Crippen LogP) is 2.27. The second-order valence-electron chi connectivity index (χ2n) is 6.98. The van der Waals surface area contributed by atoms with Crippen molar-refractivity contribution in [1.82, 2.24) is 14.2 Å². The molecule has 2 heterocycles. The Labute approximate surface area is 166 Å². The lowest BCUT2D eigenvalue weighted by molar-refractivity contribution is -0.131. The number of hydrogen-bond acceptors (Lipinski definition) is 5. The molecular formula is C20H27N3O4S. The van der Waals surface area contributed by atoms with Crippen LogP contribution in [0.2, 0.25) is 0 Å². The van der Waals surface area contributed by atoms with Gasteiger partial charge in [0, 0.05) is 49.9 Å². The van der Waals surface area contributed by atoms with E-state index < -0.39 is 10.0 Å². The van der Waals surface area contributed by atoms with Gasteiger partial charge >= 0.3 is 0 Å². The number of fused-ring (bicyclic) bond motifs is 1. The van der Waals surface area contributed by atoms with Gasteiger partial charge in [0.2, 0.25) is 15.9 Å². The Hall–Kier alpha value is -2.03. The average molecular weight is 406 g/mol. The number of sulfonamides is 1. The van der Waals surface area contributed by atoms with E-state index in [2.05, 4.69) is 4.98 Å². The number of hydrogen-bond donors (Lipinski definition) is 0. The number of benzene rings is 1. The molecule has 0 radical (unpaired) electrons. The summed E-state index contributed by atoms with van der Waals surface area (Å²) < 4.78 is 33.2. The number of amides is 1. The highest BCUT2D eigenvalue weighted by molar-refractivity contribution is 7.89. The van der Waals surface area contributed by atoms with Crippen LogP contribution in [-0.2, 0) is 19.6 Å². The van der Waals surface area contributed by atoms with Crippen molar-refractivity contribution < 1.29 is 17.9 Å². The number of nitrogens with zero attached hydrogens (tertiary/aromatic N) is 3. The number of likely N-dealkylation sites (tertiary alicyclic amines) is 1. The third kappa shape index (κ3) is 4.68. The number of rotatable bonds is 7. The smallest absolute Gasteiger partial charge is 0.244 e. The summed E-state index contributed by atoms with van der Waals surface area (Å²) in [7, 11) is -2.35. The number of ether oxygens (including phenoxy) is 1. The second-order valence-corrected chi connectivity index (χ2v) is 8.89. The van der Waals surface area contributed by atoms with Gasteiger partial charge in [0.1, 0.15) is 0 Å². The second kappa shape index (κ2) is 9.45. The molecule has 0 unspecified atom stereocenters. The monoisotopic (exact) mass is 405 g/mol. The lowest BCUT2D eigenvalue weighted by Gasteiger charge is -2.26. The van der Waals surface area contributed by atoms with Crippen molar-refractivity contribution in [2.24, 2.45) is 0 Å². The molecule has 1 aliphatic heterocycles. The lowest BCUT2D eigenvalue weighted by Crippen LogP contribution is -2.44. The number of methoxy groups -OCH3 is 1. The van der Waals surface area contributed by atoms with Crippen LogP contribution in [0.4, 0.5) is 0 Å². The van der Waals surface area contributed by atoms with Crippen LogP contribution in [0.1, 0.15) is 25.7 Å². The molecule has 3 rings (SSSR count). The van der Waals surface area contributed by atoms with Gasteiger partial charge in [0.25, 0.3) is 0 Å². The molecular weight excluding hydrogens is 378 g/mol. The molecule has 0 bridgehead atoms. The Balaban J connectivity index is 1.89. The molecule has 0 atom stereocenters. The van der Waals surface area contributed by atoms with E-state index in [-0.39, 0.29) is 30.5 Å². The summed E-state index contributed by atoms with van der Waals surface area (Å²) in [4.78, 5) is 18.9. The summed E-state index contributed by atoms with van der Waals surface area (Å²) in [5, 5.41) is 1.34. The Kier molecular flexibility index (Phi) is 6.98. The van der Waals surface area contributed by atoms with E-state index in [1.807, 2.05) is 6.07 Å². The molecule has 0 spiro atoms. The van der Waals surface area contributed by atoms with E-state index in [4.69, 9.17) is 4.74 Å². The van der Waals surface area contributed by atoms with Crippen LogP contribution < -0.4 is 0 Å². The number of carbonyl (C=O) groups excluding carboxylic acids is 1. The third-order valence-electron chi connectivity index (χ3n) is 5.07. The van der Waals surface area contributed by atoms with Gasteiger partial charge in [-0.1, -0.05) is 25.0 Å². The topological polar surface area (TPSA) is 79.8 Å². The Morgan fingerprint density at radius 1 is 1.18 bits per heavy atom. The zero-order valence-electron chi connectivity index (χ0n) is 16.2. The van der Waals surface area contributed by atoms with Crippen LogP contribution in [-0.4, -0.2) is 68.4 Å². The van der Waals surface area contributed by atoms with Gasteiger partial charge in [-0.05, 0) is 25.0 Å². The Morgan fingerprint density at radius 3 is 2.64 bits per heavy atom. The predicted molar refractivity (Wildman–Crippen MR) is 107 cm³/mol. The van der Waals surface area contributed by atoms with Crippen molar-refractivity contribution in [3.05, 3.63) is 36.7 Å². The summed E-state index contributed by atoms with van der Waals surface area (Å²) in [6.07, 6.45) is 7.36. The molecule has 1 aromatic heterocycles. The Morgan fingerprint density at radius 2 is 1.93 bits per heavy atom. The molecule has 1 amide bonds. The van der Waals surface area contributed by atoms with Gasteiger partial charge in [-0.15, -0.1) is 0 Å². The van der Waals surface area contributed by atoms with Crippen LogP contribution in [0.5, 0.6) is 0 Å². The van der Waals surface area contributed by atoms with Crippen molar-refractivity contribution in [2.75, 3.05) is 39.9 Å². The van der Waals surface area contributed by atoms with Crippen LogP contribution in [0.3, 0.4) is 0 Å². The average Bonchev–Trinajstić information content (AvgIpc) is 3.00. The number of carbonyl (C=O) groups is 1. The summed E-state index contributed by atoms with van der Waals surface area (Å²) >= 11 is 0. The van der Waals surface area contributed by atoms with E-state index in [9.17, 15) is 13.2 Å². The molecule has 0 N–H and O–H groups in total. The molecule has 1 aromatic carbocycles. The van der Waals surface area contributed by atoms with Crippen molar-refractivity contribution in [2.45, 2.75) is 30.6 Å². The van der Waals surface area contributed by atoms with Gasteiger partial charge in [-0.2, -0.15) is 4.31 Å². The zero-order chi connectivity index (χ0) is 20.0. The zero-order valence-corrected chi connectivity index (χ0v) is 17.0. The van der Waals surface area contributed by atoms with Gasteiger partial charge in [-0.3, -0.25) is 9.78 Å². The first-order valence-corrected chi connectivity index (χ1v) is 11.1. The number of aromatic nitrogens is 1. The molecule has 152 valence electrons. The molecule has 0 saturated carbocycles. The SMILES string of the molecule is COCCN(CC(=O)N1CCCCCC1)S(=O)(=O)c1cccc2cnccc12. The molecule has 1 fully saturated rings. The first-order chi connectivity index (χ1) is 13.5. The summed E-state index contributed by atoms with van der Waals surface area (Å²) in [6, 6.07) is 6.78. The first kappa shape index (κ1) is 20.7. The van der Waals surface area contributed by atoms with Gasteiger partial charge in [0.15, 0.2) is 0 Å². The fourth-order valence-electron chi connectivity index (χ4n) is 3.51. The van der Waals surface area contributed by atoms with E-state index in [1.165, 1.54) is 11.4 Å². The Bertz CT molecular complexity index is 903. The quantitative estimate of drug-likeness (QED) is 0.706. The van der Waals surface area contributed by atoms with Crippen molar-refractivity contribution in [1.29, 1.82) is 0 Å². The fourth-order valence-corrected chi connectivity index (χ4v) is 5.09. The highest BCUT2D eigenvalue weighted by Crippen LogP contribution is 2.25. The van der Waals surface area contributed by atoms with E-state index in [1.54, 1.807) is 35.5 Å². The maximum absolute atomic E-state index is 13.4. The van der Waals surface area contributed by atoms with Crippen molar-refractivity contribution >= 4 is 26.7 Å². The molecule has 1 saturated heterocycles. The van der Waals surface area contributed by atoms with Crippen LogP contribution in [0.15, 0.2) is 41.6 Å². The standard InChI is InChI=1S/C20H27N3O4S/c1-27-14-13-23(16-20(24)22-11-4-2-3-5-12-22)28(25,26)19-8-6-7-17-15-21-10-9-18(17)19/h6-10,15H,2-5,11-14,16H2,1H3. The van der Waals surface area contributed by atoms with Gasteiger partial charge in [0.05, 0.1) is 18.0 Å². The molecule has 8 heteroatoms. The first-order valence-electron chi connectivity index (χ1n) is 9.63. The summed E-state index contributed by atoms with van der Waals surface area (Å²) in [5.41, 5.74) is 0. The van der Waals surface area contributed by atoms with Gasteiger partial charge < -0.3 is 9.64 Å². The minimum atomic E-state index is -3.86. The van der Waals surface area contributed by atoms with Crippen LogP contribution in [0.25, 0.3) is 10.8 Å². The summed E-state index contributed by atoms with van der Waals surface area (Å²) in [6.45, 7) is 1.56.